The van der Waals surface area contributed by atoms with Crippen molar-refractivity contribution in [3.05, 3.63) is 52.1 Å². The number of amides is 1. The SMILES string of the molecule is C=C(C)C(=O)OCC(C=O)OC(=O)C1CCN(C(=O)OCc2ccccc2[N+](=O)[O-])CC1. The molecule has 0 aliphatic carbocycles. The Bertz CT molecular complexity index is 891. The van der Waals surface area contributed by atoms with E-state index in [0.29, 0.717) is 6.29 Å². The van der Waals surface area contributed by atoms with E-state index in [1.54, 1.807) is 6.07 Å². The van der Waals surface area contributed by atoms with E-state index in [1.165, 1.54) is 30.0 Å². The topological polar surface area (TPSA) is 142 Å². The Hall–Kier alpha value is -3.76. The fourth-order valence-corrected chi connectivity index (χ4v) is 2.97. The molecule has 32 heavy (non-hydrogen) atoms. The van der Waals surface area contributed by atoms with Crippen LogP contribution < -0.4 is 0 Å². The lowest BCUT2D eigenvalue weighted by molar-refractivity contribution is -0.385. The number of nitro groups is 1. The van der Waals surface area contributed by atoms with Gasteiger partial charge in [0.25, 0.3) is 5.69 Å². The molecule has 1 amide bonds. The van der Waals surface area contributed by atoms with Gasteiger partial charge >= 0.3 is 18.0 Å². The molecule has 1 aliphatic heterocycles. The number of esters is 2. The van der Waals surface area contributed by atoms with Crippen molar-refractivity contribution in [1.82, 2.24) is 4.90 Å². The Morgan fingerprint density at radius 2 is 1.91 bits per heavy atom. The Morgan fingerprint density at radius 1 is 1.25 bits per heavy atom. The third kappa shape index (κ3) is 6.89. The summed E-state index contributed by atoms with van der Waals surface area (Å²) in [7, 11) is 0. The molecule has 1 atom stereocenters. The molecule has 1 unspecified atom stereocenters. The predicted molar refractivity (Wildman–Crippen MR) is 109 cm³/mol. The van der Waals surface area contributed by atoms with Crippen molar-refractivity contribution in [2.24, 2.45) is 5.92 Å². The molecule has 0 spiro atoms. The number of para-hydroxylation sites is 1. The van der Waals surface area contributed by atoms with Gasteiger partial charge in [-0.2, -0.15) is 0 Å². The summed E-state index contributed by atoms with van der Waals surface area (Å²) < 4.78 is 15.1. The fraction of sp³-hybridized carbons (Fsp3) is 0.429. The minimum absolute atomic E-state index is 0.139. The summed E-state index contributed by atoms with van der Waals surface area (Å²) in [5.41, 5.74) is 0.291. The first kappa shape index (κ1) is 24.5. The molecule has 2 rings (SSSR count). The average Bonchev–Trinajstić information content (AvgIpc) is 2.79. The van der Waals surface area contributed by atoms with E-state index in [2.05, 4.69) is 6.58 Å². The van der Waals surface area contributed by atoms with E-state index >= 15 is 0 Å². The number of aldehydes is 1. The molecule has 0 saturated carbocycles. The highest BCUT2D eigenvalue weighted by Gasteiger charge is 2.31. The molecule has 1 aromatic rings. The monoisotopic (exact) mass is 448 g/mol. The summed E-state index contributed by atoms with van der Waals surface area (Å²) in [6.45, 7) is 4.64. The summed E-state index contributed by atoms with van der Waals surface area (Å²) in [6.07, 6.45) is -0.922. The summed E-state index contributed by atoms with van der Waals surface area (Å²) in [6, 6.07) is 5.96. The van der Waals surface area contributed by atoms with Gasteiger partial charge in [0.15, 0.2) is 12.4 Å². The van der Waals surface area contributed by atoms with Crippen molar-refractivity contribution in [1.29, 1.82) is 0 Å². The lowest BCUT2D eigenvalue weighted by Gasteiger charge is -2.30. The second-order valence-electron chi connectivity index (χ2n) is 7.19. The highest BCUT2D eigenvalue weighted by molar-refractivity contribution is 5.87. The minimum atomic E-state index is -1.23. The zero-order valence-corrected chi connectivity index (χ0v) is 17.6. The van der Waals surface area contributed by atoms with Crippen LogP contribution in [0.25, 0.3) is 0 Å². The number of piperidine rings is 1. The van der Waals surface area contributed by atoms with Gasteiger partial charge < -0.3 is 19.1 Å². The molecule has 1 saturated heterocycles. The number of nitro benzene ring substituents is 1. The number of ether oxygens (including phenoxy) is 3. The lowest BCUT2D eigenvalue weighted by atomic mass is 9.97. The van der Waals surface area contributed by atoms with Gasteiger partial charge in [-0.15, -0.1) is 0 Å². The number of carbonyl (C=O) groups is 4. The third-order valence-electron chi connectivity index (χ3n) is 4.77. The first-order valence-electron chi connectivity index (χ1n) is 9.85. The summed E-state index contributed by atoms with van der Waals surface area (Å²) >= 11 is 0. The van der Waals surface area contributed by atoms with Gasteiger partial charge in [-0.25, -0.2) is 9.59 Å². The highest BCUT2D eigenvalue weighted by atomic mass is 16.6. The average molecular weight is 448 g/mol. The summed E-state index contributed by atoms with van der Waals surface area (Å²) in [5.74, 6) is -1.85. The van der Waals surface area contributed by atoms with Gasteiger partial charge in [-0.1, -0.05) is 18.7 Å². The molecule has 1 heterocycles. The number of hydrogen-bond acceptors (Lipinski definition) is 9. The molecule has 1 fully saturated rings. The van der Waals surface area contributed by atoms with Crippen LogP contribution in [-0.4, -0.2) is 59.9 Å². The van der Waals surface area contributed by atoms with E-state index in [-0.39, 0.29) is 49.4 Å². The smallest absolute Gasteiger partial charge is 0.410 e. The van der Waals surface area contributed by atoms with Crippen molar-refractivity contribution < 1.29 is 38.3 Å². The number of benzene rings is 1. The van der Waals surface area contributed by atoms with Crippen LogP contribution in [0.1, 0.15) is 25.3 Å². The van der Waals surface area contributed by atoms with Gasteiger partial charge in [0.05, 0.1) is 16.4 Å². The minimum Gasteiger partial charge on any atom is -0.458 e. The zero-order chi connectivity index (χ0) is 23.7. The van der Waals surface area contributed by atoms with Crippen LogP contribution in [-0.2, 0) is 35.2 Å². The molecule has 172 valence electrons. The van der Waals surface area contributed by atoms with Crippen molar-refractivity contribution in [3.63, 3.8) is 0 Å². The molecule has 11 heteroatoms. The maximum absolute atomic E-state index is 12.3. The van der Waals surface area contributed by atoms with Gasteiger partial charge in [-0.05, 0) is 25.8 Å². The summed E-state index contributed by atoms with van der Waals surface area (Å²) in [4.78, 5) is 58.9. The second kappa shape index (κ2) is 11.6. The molecular formula is C21H24N2O9. The molecule has 0 bridgehead atoms. The van der Waals surface area contributed by atoms with Gasteiger partial charge in [0, 0.05) is 24.7 Å². The van der Waals surface area contributed by atoms with Crippen molar-refractivity contribution in [2.75, 3.05) is 19.7 Å². The van der Waals surface area contributed by atoms with Gasteiger partial charge in [0.1, 0.15) is 13.2 Å². The standard InChI is InChI=1S/C21H24N2O9/c1-14(2)19(25)30-13-17(11-24)32-20(26)15-7-9-22(10-8-15)21(27)31-12-16-5-3-4-6-18(16)23(28)29/h3-6,11,15,17H,1,7-10,12-13H2,2H3. The first-order valence-corrected chi connectivity index (χ1v) is 9.85. The van der Waals surface area contributed by atoms with E-state index in [0.717, 1.165) is 0 Å². The Morgan fingerprint density at radius 3 is 2.50 bits per heavy atom. The van der Waals surface area contributed by atoms with Crippen molar-refractivity contribution in [3.8, 4) is 0 Å². The van der Waals surface area contributed by atoms with E-state index in [9.17, 15) is 29.3 Å². The molecule has 0 N–H and O–H groups in total. The molecule has 11 nitrogen and oxygen atoms in total. The van der Waals surface area contributed by atoms with Crippen LogP contribution in [0, 0.1) is 16.0 Å². The zero-order valence-electron chi connectivity index (χ0n) is 17.6. The maximum atomic E-state index is 12.3. The third-order valence-corrected chi connectivity index (χ3v) is 4.77. The van der Waals surface area contributed by atoms with Gasteiger partial charge in [-0.3, -0.25) is 19.7 Å². The number of hydrogen-bond donors (Lipinski definition) is 0. The molecular weight excluding hydrogens is 424 g/mol. The van der Waals surface area contributed by atoms with Crippen LogP contribution >= 0.6 is 0 Å². The largest absolute Gasteiger partial charge is 0.458 e. The van der Waals surface area contributed by atoms with Crippen LogP contribution in [0.5, 0.6) is 0 Å². The fourth-order valence-electron chi connectivity index (χ4n) is 2.97. The van der Waals surface area contributed by atoms with E-state index < -0.39 is 41.6 Å². The normalized spacial score (nSPS) is 14.7. The Kier molecular flexibility index (Phi) is 8.87. The number of rotatable bonds is 9. The highest BCUT2D eigenvalue weighted by Crippen LogP contribution is 2.22. The second-order valence-corrected chi connectivity index (χ2v) is 7.19. The van der Waals surface area contributed by atoms with Crippen molar-refractivity contribution >= 4 is 30.0 Å². The predicted octanol–water partition coefficient (Wildman–Crippen LogP) is 2.17. The summed E-state index contributed by atoms with van der Waals surface area (Å²) in [5, 5.41) is 11.0. The number of nitrogens with zero attached hydrogens (tertiary/aromatic N) is 2. The quantitative estimate of drug-likeness (QED) is 0.139. The number of carbonyl (C=O) groups excluding carboxylic acids is 4. The Labute approximate surface area is 184 Å². The van der Waals surface area contributed by atoms with Gasteiger partial charge in [0.2, 0.25) is 0 Å². The lowest BCUT2D eigenvalue weighted by Crippen LogP contribution is -2.41. The van der Waals surface area contributed by atoms with Crippen LogP contribution in [0.4, 0.5) is 10.5 Å². The van der Waals surface area contributed by atoms with Crippen LogP contribution in [0.15, 0.2) is 36.4 Å². The van der Waals surface area contributed by atoms with E-state index in [4.69, 9.17) is 14.2 Å². The van der Waals surface area contributed by atoms with Crippen molar-refractivity contribution in [2.45, 2.75) is 32.5 Å². The number of likely N-dealkylation sites (tertiary alicyclic amines) is 1. The van der Waals surface area contributed by atoms with E-state index in [1.807, 2.05) is 0 Å². The maximum Gasteiger partial charge on any atom is 0.410 e. The molecule has 0 radical (unpaired) electrons. The molecule has 0 aromatic heterocycles. The van der Waals surface area contributed by atoms with Crippen LogP contribution in [0.2, 0.25) is 0 Å². The van der Waals surface area contributed by atoms with Crippen LogP contribution in [0.3, 0.4) is 0 Å². The Balaban J connectivity index is 1.79. The molecule has 1 aliphatic rings. The first-order chi connectivity index (χ1) is 15.2. The molecule has 1 aromatic carbocycles.